The molecule has 0 saturated heterocycles. The monoisotopic (exact) mass is 193 g/mol. The Morgan fingerprint density at radius 2 is 2.07 bits per heavy atom. The fourth-order valence-corrected chi connectivity index (χ4v) is 2.12. The van der Waals surface area contributed by atoms with Crippen LogP contribution in [0.3, 0.4) is 0 Å². The van der Waals surface area contributed by atoms with Crippen LogP contribution in [0.1, 0.15) is 39.0 Å². The second-order valence-electron chi connectivity index (χ2n) is 3.64. The molecular weight excluding hydrogens is 178 g/mol. The van der Waals surface area contributed by atoms with Crippen LogP contribution in [0.15, 0.2) is 16.8 Å². The Morgan fingerprint density at radius 1 is 1.43 bits per heavy atom. The smallest absolute Gasteiger partial charge is 0.146 e. The second-order valence-corrected chi connectivity index (χ2v) is 3.64. The third-order valence-electron chi connectivity index (χ3n) is 2.89. The molecule has 0 radical (unpaired) electrons. The molecule has 0 amide bonds. The number of carbonyl (C=O) groups is 1. The number of hydrogen-bond donors (Lipinski definition) is 0. The summed E-state index contributed by atoms with van der Waals surface area (Å²) in [6.07, 6.45) is 7.41. The van der Waals surface area contributed by atoms with Gasteiger partial charge < -0.3 is 0 Å². The molecule has 1 saturated carbocycles. The van der Waals surface area contributed by atoms with Gasteiger partial charge in [-0.3, -0.25) is 4.79 Å². The molecule has 0 spiro atoms. The molecule has 0 aromatic carbocycles. The van der Waals surface area contributed by atoms with Gasteiger partial charge in [-0.1, -0.05) is 30.5 Å². The standard InChI is InChI=1S/C10H15N3O/c1-2-9(8-14)10(12-13-11)6-4-3-5-7-10/h2,8H,3-7H2,1H3/b9-2-. The minimum atomic E-state index is -0.552. The van der Waals surface area contributed by atoms with Gasteiger partial charge in [0.25, 0.3) is 0 Å². The summed E-state index contributed by atoms with van der Waals surface area (Å²) in [6, 6.07) is 0. The van der Waals surface area contributed by atoms with Crippen LogP contribution in [-0.4, -0.2) is 11.8 Å². The number of hydrogen-bond acceptors (Lipinski definition) is 2. The molecule has 0 heterocycles. The first-order valence-electron chi connectivity index (χ1n) is 4.97. The predicted molar refractivity (Wildman–Crippen MR) is 54.8 cm³/mol. The number of aldehydes is 1. The molecule has 4 heteroatoms. The molecule has 1 rings (SSSR count). The summed E-state index contributed by atoms with van der Waals surface area (Å²) in [5, 5.41) is 3.84. The first-order chi connectivity index (χ1) is 6.79. The number of carbonyl (C=O) groups excluding carboxylic acids is 1. The van der Waals surface area contributed by atoms with Crippen LogP contribution < -0.4 is 0 Å². The van der Waals surface area contributed by atoms with Gasteiger partial charge >= 0.3 is 0 Å². The molecule has 0 bridgehead atoms. The van der Waals surface area contributed by atoms with Crippen LogP contribution in [0.25, 0.3) is 10.4 Å². The van der Waals surface area contributed by atoms with Crippen LogP contribution in [0.2, 0.25) is 0 Å². The minimum absolute atomic E-state index is 0.552. The molecule has 0 aliphatic heterocycles. The highest BCUT2D eigenvalue weighted by Crippen LogP contribution is 2.37. The van der Waals surface area contributed by atoms with E-state index in [0.717, 1.165) is 32.0 Å². The van der Waals surface area contributed by atoms with Crippen molar-refractivity contribution in [3.63, 3.8) is 0 Å². The van der Waals surface area contributed by atoms with E-state index >= 15 is 0 Å². The maximum atomic E-state index is 10.9. The average Bonchev–Trinajstić information content (AvgIpc) is 2.21. The third kappa shape index (κ3) is 1.96. The number of nitrogens with zero attached hydrogens (tertiary/aromatic N) is 3. The maximum Gasteiger partial charge on any atom is 0.146 e. The van der Waals surface area contributed by atoms with Crippen LogP contribution in [0.5, 0.6) is 0 Å². The second kappa shape index (κ2) is 4.82. The van der Waals surface area contributed by atoms with Gasteiger partial charge in [0.1, 0.15) is 6.29 Å². The van der Waals surface area contributed by atoms with Gasteiger partial charge in [0.15, 0.2) is 0 Å². The molecular formula is C10H15N3O. The van der Waals surface area contributed by atoms with E-state index in [1.54, 1.807) is 6.08 Å². The number of rotatable bonds is 3. The highest BCUT2D eigenvalue weighted by atomic mass is 16.1. The van der Waals surface area contributed by atoms with E-state index in [1.807, 2.05) is 6.92 Å². The van der Waals surface area contributed by atoms with Crippen molar-refractivity contribution in [1.82, 2.24) is 0 Å². The fourth-order valence-electron chi connectivity index (χ4n) is 2.12. The molecule has 4 nitrogen and oxygen atoms in total. The van der Waals surface area contributed by atoms with Crippen molar-refractivity contribution in [3.05, 3.63) is 22.1 Å². The Bertz CT molecular complexity index is 284. The highest BCUT2D eigenvalue weighted by Gasteiger charge is 2.34. The minimum Gasteiger partial charge on any atom is -0.298 e. The van der Waals surface area contributed by atoms with Gasteiger partial charge in [-0.2, -0.15) is 0 Å². The zero-order valence-electron chi connectivity index (χ0n) is 8.44. The van der Waals surface area contributed by atoms with Gasteiger partial charge in [0.05, 0.1) is 5.54 Å². The van der Waals surface area contributed by atoms with Crippen LogP contribution in [0.4, 0.5) is 0 Å². The van der Waals surface area contributed by atoms with Crippen LogP contribution in [0, 0.1) is 0 Å². The van der Waals surface area contributed by atoms with Gasteiger partial charge in [0, 0.05) is 4.91 Å². The van der Waals surface area contributed by atoms with Crippen molar-refractivity contribution in [2.75, 3.05) is 0 Å². The quantitative estimate of drug-likeness (QED) is 0.223. The number of allylic oxidation sites excluding steroid dienone is 1. The SMILES string of the molecule is C/C=C(/C=O)C1(N=[N+]=[N-])CCCCC1. The summed E-state index contributed by atoms with van der Waals surface area (Å²) in [5.41, 5.74) is 8.62. The Labute approximate surface area is 83.6 Å². The molecule has 1 aliphatic carbocycles. The summed E-state index contributed by atoms with van der Waals surface area (Å²) in [7, 11) is 0. The first kappa shape index (κ1) is 10.8. The van der Waals surface area contributed by atoms with E-state index in [1.165, 1.54) is 6.42 Å². The number of azide groups is 1. The molecule has 14 heavy (non-hydrogen) atoms. The normalized spacial score (nSPS) is 21.1. The Kier molecular flexibility index (Phi) is 3.72. The van der Waals surface area contributed by atoms with Gasteiger partial charge in [-0.15, -0.1) is 0 Å². The van der Waals surface area contributed by atoms with Gasteiger partial charge in [-0.05, 0) is 30.9 Å². The molecule has 1 aliphatic rings. The third-order valence-corrected chi connectivity index (χ3v) is 2.89. The van der Waals surface area contributed by atoms with E-state index in [0.29, 0.717) is 5.57 Å². The Morgan fingerprint density at radius 3 is 2.50 bits per heavy atom. The van der Waals surface area contributed by atoms with Crippen molar-refractivity contribution in [3.8, 4) is 0 Å². The summed E-state index contributed by atoms with van der Waals surface area (Å²) >= 11 is 0. The zero-order chi connectivity index (χ0) is 10.4. The van der Waals surface area contributed by atoms with Crippen molar-refractivity contribution in [2.24, 2.45) is 5.11 Å². The molecule has 0 N–H and O–H groups in total. The van der Waals surface area contributed by atoms with Crippen molar-refractivity contribution in [1.29, 1.82) is 0 Å². The Hall–Kier alpha value is -1.28. The van der Waals surface area contributed by atoms with Crippen LogP contribution >= 0.6 is 0 Å². The average molecular weight is 193 g/mol. The molecule has 76 valence electrons. The van der Waals surface area contributed by atoms with Crippen LogP contribution in [-0.2, 0) is 4.79 Å². The lowest BCUT2D eigenvalue weighted by Crippen LogP contribution is -2.32. The van der Waals surface area contributed by atoms with E-state index < -0.39 is 5.54 Å². The van der Waals surface area contributed by atoms with E-state index in [4.69, 9.17) is 5.53 Å². The summed E-state index contributed by atoms with van der Waals surface area (Å²) in [6.45, 7) is 1.81. The van der Waals surface area contributed by atoms with E-state index in [9.17, 15) is 4.79 Å². The molecule has 0 aromatic heterocycles. The molecule has 0 aromatic rings. The molecule has 0 atom stereocenters. The lowest BCUT2D eigenvalue weighted by atomic mass is 9.77. The summed E-state index contributed by atoms with van der Waals surface area (Å²) in [4.78, 5) is 13.7. The van der Waals surface area contributed by atoms with E-state index in [-0.39, 0.29) is 0 Å². The highest BCUT2D eigenvalue weighted by molar-refractivity contribution is 5.76. The summed E-state index contributed by atoms with van der Waals surface area (Å²) < 4.78 is 0. The lowest BCUT2D eigenvalue weighted by molar-refractivity contribution is -0.105. The van der Waals surface area contributed by atoms with Crippen molar-refractivity contribution < 1.29 is 4.79 Å². The van der Waals surface area contributed by atoms with Crippen molar-refractivity contribution >= 4 is 6.29 Å². The summed E-state index contributed by atoms with van der Waals surface area (Å²) in [5.74, 6) is 0. The predicted octanol–water partition coefficient (Wildman–Crippen LogP) is 3.14. The first-order valence-corrected chi connectivity index (χ1v) is 4.97. The molecule has 1 fully saturated rings. The maximum absolute atomic E-state index is 10.9. The fraction of sp³-hybridized carbons (Fsp3) is 0.700. The lowest BCUT2D eigenvalue weighted by Gasteiger charge is -2.32. The Balaban J connectivity index is 3.01. The van der Waals surface area contributed by atoms with Gasteiger partial charge in [-0.25, -0.2) is 0 Å². The molecule has 0 unspecified atom stereocenters. The topological polar surface area (TPSA) is 65.8 Å². The van der Waals surface area contributed by atoms with Gasteiger partial charge in [0.2, 0.25) is 0 Å². The zero-order valence-corrected chi connectivity index (χ0v) is 8.44. The van der Waals surface area contributed by atoms with E-state index in [2.05, 4.69) is 10.0 Å². The van der Waals surface area contributed by atoms with Crippen molar-refractivity contribution in [2.45, 2.75) is 44.6 Å². The largest absolute Gasteiger partial charge is 0.298 e.